The molecule has 0 aromatic carbocycles. The van der Waals surface area contributed by atoms with Crippen LogP contribution in [0.5, 0.6) is 5.88 Å². The van der Waals surface area contributed by atoms with Crippen LogP contribution >= 0.6 is 0 Å². The lowest BCUT2D eigenvalue weighted by Crippen LogP contribution is -2.37. The van der Waals surface area contributed by atoms with Crippen molar-refractivity contribution >= 4 is 17.7 Å². The zero-order valence-corrected chi connectivity index (χ0v) is 20.9. The number of methoxy groups -OCH3 is 1. The zero-order chi connectivity index (χ0) is 25.3. The lowest BCUT2D eigenvalue weighted by molar-refractivity contribution is -0.144. The summed E-state index contributed by atoms with van der Waals surface area (Å²) in [6.07, 6.45) is 7.70. The molecule has 1 unspecified atom stereocenters. The van der Waals surface area contributed by atoms with E-state index in [1.165, 1.54) is 5.56 Å². The van der Waals surface area contributed by atoms with E-state index in [0.29, 0.717) is 31.5 Å². The van der Waals surface area contributed by atoms with Gasteiger partial charge >= 0.3 is 5.97 Å². The van der Waals surface area contributed by atoms with Gasteiger partial charge in [0.1, 0.15) is 5.82 Å². The maximum Gasteiger partial charge on any atom is 0.308 e. The van der Waals surface area contributed by atoms with Crippen LogP contribution in [0.15, 0.2) is 35.5 Å². The first-order valence-electron chi connectivity index (χ1n) is 12.5. The van der Waals surface area contributed by atoms with Crippen molar-refractivity contribution in [1.29, 1.82) is 5.26 Å². The summed E-state index contributed by atoms with van der Waals surface area (Å²) in [5, 5.41) is 12.8. The fraction of sp³-hybridized carbons (Fsp3) is 0.500. The zero-order valence-electron chi connectivity index (χ0n) is 20.9. The van der Waals surface area contributed by atoms with Gasteiger partial charge in [0.15, 0.2) is 0 Å². The smallest absolute Gasteiger partial charge is 0.308 e. The number of nitrogens with zero attached hydrogens (tertiary/aromatic N) is 6. The van der Waals surface area contributed by atoms with E-state index in [-0.39, 0.29) is 18.4 Å². The number of carbonyl (C=O) groups is 1. The molecule has 2 aromatic heterocycles. The van der Waals surface area contributed by atoms with Gasteiger partial charge in [-0.15, -0.1) is 4.99 Å². The van der Waals surface area contributed by atoms with Crippen LogP contribution in [0.4, 0.5) is 5.82 Å². The van der Waals surface area contributed by atoms with Gasteiger partial charge < -0.3 is 24.6 Å². The van der Waals surface area contributed by atoms with E-state index < -0.39 is 0 Å². The van der Waals surface area contributed by atoms with Gasteiger partial charge in [0.05, 0.1) is 26.2 Å². The van der Waals surface area contributed by atoms with Crippen molar-refractivity contribution < 1.29 is 14.3 Å². The summed E-state index contributed by atoms with van der Waals surface area (Å²) in [5.74, 6) is 1.77. The average molecular weight is 492 g/mol. The molecule has 0 bridgehead atoms. The molecule has 2 aromatic rings. The third-order valence-electron chi connectivity index (χ3n) is 6.51. The molecule has 2 aliphatic heterocycles. The quantitative estimate of drug-likeness (QED) is 0.395. The van der Waals surface area contributed by atoms with E-state index in [4.69, 9.17) is 14.5 Å². The van der Waals surface area contributed by atoms with E-state index in [1.54, 1.807) is 26.3 Å². The van der Waals surface area contributed by atoms with Gasteiger partial charge in [0.25, 0.3) is 0 Å². The average Bonchev–Trinajstić information content (AvgIpc) is 3.29. The summed E-state index contributed by atoms with van der Waals surface area (Å²) in [7, 11) is 1.56. The number of anilines is 1. The maximum absolute atomic E-state index is 12.5. The number of aryl methyl sites for hydroxylation is 2. The molecule has 10 nitrogen and oxygen atoms in total. The number of esters is 1. The van der Waals surface area contributed by atoms with Crippen molar-refractivity contribution in [2.24, 2.45) is 4.99 Å². The van der Waals surface area contributed by atoms with Crippen LogP contribution in [-0.4, -0.2) is 71.6 Å². The number of ether oxygens (including phenoxy) is 2. The Morgan fingerprint density at radius 1 is 1.31 bits per heavy atom. The molecular weight excluding hydrogens is 458 g/mol. The summed E-state index contributed by atoms with van der Waals surface area (Å²) in [6.45, 7) is 5.15. The minimum Gasteiger partial charge on any atom is -0.481 e. The minimum absolute atomic E-state index is 0.131. The molecule has 4 heterocycles. The summed E-state index contributed by atoms with van der Waals surface area (Å²) >= 11 is 0. The number of rotatable bonds is 10. The van der Waals surface area contributed by atoms with E-state index in [9.17, 15) is 10.1 Å². The van der Waals surface area contributed by atoms with E-state index in [1.807, 2.05) is 17.2 Å². The van der Waals surface area contributed by atoms with E-state index >= 15 is 0 Å². The monoisotopic (exact) mass is 491 g/mol. The summed E-state index contributed by atoms with van der Waals surface area (Å²) in [5.41, 5.74) is 3.17. The Hall–Kier alpha value is -3.87. The lowest BCUT2D eigenvalue weighted by Gasteiger charge is -2.30. The Morgan fingerprint density at radius 3 is 2.94 bits per heavy atom. The second-order valence-electron chi connectivity index (χ2n) is 8.80. The standard InChI is InChI=1S/C26H33N7O3/c1-3-36-24(34)16-22(20-9-11-23(35-2)29-17-20)33-15-14-32(26(33)30-18-27)13-5-7-21-10-8-19-6-4-12-28-25(19)31-21/h8-11,17,22H,3-7,12-16H2,1-2H3,(H,28,31)/b30-26+. The Kier molecular flexibility index (Phi) is 8.55. The molecule has 0 amide bonds. The minimum atomic E-state index is -0.354. The van der Waals surface area contributed by atoms with Crippen molar-refractivity contribution in [2.45, 2.75) is 45.1 Å². The van der Waals surface area contributed by atoms with Crippen molar-refractivity contribution in [3.05, 3.63) is 47.3 Å². The summed E-state index contributed by atoms with van der Waals surface area (Å²) < 4.78 is 10.4. The van der Waals surface area contributed by atoms with Crippen LogP contribution < -0.4 is 10.1 Å². The highest BCUT2D eigenvalue weighted by atomic mass is 16.5. The van der Waals surface area contributed by atoms with Crippen LogP contribution in [0, 0.1) is 11.5 Å². The predicted octanol–water partition coefficient (Wildman–Crippen LogP) is 2.93. The highest BCUT2D eigenvalue weighted by molar-refractivity contribution is 5.84. The van der Waals surface area contributed by atoms with Crippen LogP contribution in [0.1, 0.15) is 49.0 Å². The number of fused-ring (bicyclic) bond motifs is 1. The third kappa shape index (κ3) is 6.03. The molecule has 36 heavy (non-hydrogen) atoms. The van der Waals surface area contributed by atoms with Crippen LogP contribution in [-0.2, 0) is 22.4 Å². The predicted molar refractivity (Wildman–Crippen MR) is 135 cm³/mol. The molecule has 1 atom stereocenters. The Balaban J connectivity index is 1.46. The third-order valence-corrected chi connectivity index (χ3v) is 6.51. The van der Waals surface area contributed by atoms with Gasteiger partial charge in [-0.05, 0) is 49.8 Å². The Bertz CT molecular complexity index is 1110. The molecule has 1 N–H and O–H groups in total. The lowest BCUT2D eigenvalue weighted by atomic mass is 10.0. The van der Waals surface area contributed by atoms with Crippen LogP contribution in [0.25, 0.3) is 0 Å². The number of aromatic nitrogens is 2. The molecule has 0 aliphatic carbocycles. The fourth-order valence-electron chi connectivity index (χ4n) is 4.75. The molecule has 2 aliphatic rings. The fourth-order valence-corrected chi connectivity index (χ4v) is 4.75. The number of carbonyl (C=O) groups excluding carboxylic acids is 1. The molecular formula is C26H33N7O3. The molecule has 0 radical (unpaired) electrons. The normalized spacial score (nSPS) is 16.8. The number of pyridine rings is 2. The first-order valence-corrected chi connectivity index (χ1v) is 12.5. The molecule has 4 rings (SSSR count). The SMILES string of the molecule is CCOC(=O)CC(c1ccc(OC)nc1)N1CCN(CCCc2ccc3c(n2)NCCC3)/C1=N\C#N. The second-order valence-corrected chi connectivity index (χ2v) is 8.80. The number of nitriles is 1. The number of hydrogen-bond donors (Lipinski definition) is 1. The largest absolute Gasteiger partial charge is 0.481 e. The molecule has 190 valence electrons. The van der Waals surface area contributed by atoms with Gasteiger partial charge in [-0.2, -0.15) is 5.26 Å². The molecule has 1 saturated heterocycles. The van der Waals surface area contributed by atoms with E-state index in [2.05, 4.69) is 32.3 Å². The van der Waals surface area contributed by atoms with Crippen molar-refractivity contribution in [3.8, 4) is 12.1 Å². The van der Waals surface area contributed by atoms with Crippen LogP contribution in [0.2, 0.25) is 0 Å². The first kappa shape index (κ1) is 25.2. The summed E-state index contributed by atoms with van der Waals surface area (Å²) in [4.78, 5) is 29.8. The van der Waals surface area contributed by atoms with Crippen LogP contribution in [0.3, 0.4) is 0 Å². The second kappa shape index (κ2) is 12.2. The van der Waals surface area contributed by atoms with E-state index in [0.717, 1.165) is 55.8 Å². The number of aliphatic imine (C=N–C) groups is 1. The van der Waals surface area contributed by atoms with Gasteiger partial charge in [-0.25, -0.2) is 9.97 Å². The summed E-state index contributed by atoms with van der Waals surface area (Å²) in [6, 6.07) is 7.58. The highest BCUT2D eigenvalue weighted by Gasteiger charge is 2.34. The van der Waals surface area contributed by atoms with Gasteiger partial charge in [-0.3, -0.25) is 4.79 Å². The molecule has 0 saturated carbocycles. The number of nitrogens with one attached hydrogen (secondary N) is 1. The number of hydrogen-bond acceptors (Lipinski definition) is 8. The highest BCUT2D eigenvalue weighted by Crippen LogP contribution is 2.29. The van der Waals surface area contributed by atoms with Crippen molar-refractivity contribution in [2.75, 3.05) is 45.2 Å². The van der Waals surface area contributed by atoms with Crippen molar-refractivity contribution in [3.63, 3.8) is 0 Å². The van der Waals surface area contributed by atoms with Crippen molar-refractivity contribution in [1.82, 2.24) is 19.8 Å². The van der Waals surface area contributed by atoms with Gasteiger partial charge in [0, 0.05) is 44.1 Å². The molecule has 0 spiro atoms. The molecule has 10 heteroatoms. The first-order chi connectivity index (χ1) is 17.6. The number of guanidine groups is 1. The Labute approximate surface area is 212 Å². The topological polar surface area (TPSA) is 116 Å². The molecule has 1 fully saturated rings. The van der Waals surface area contributed by atoms with Gasteiger partial charge in [0.2, 0.25) is 18.0 Å². The maximum atomic E-state index is 12.5. The Morgan fingerprint density at radius 2 is 2.19 bits per heavy atom. The van der Waals surface area contributed by atoms with Gasteiger partial charge in [-0.1, -0.05) is 12.1 Å².